The van der Waals surface area contributed by atoms with Crippen molar-refractivity contribution in [1.82, 2.24) is 30.1 Å². The van der Waals surface area contributed by atoms with Gasteiger partial charge in [-0.15, -0.1) is 5.10 Å². The molecular weight excluding hydrogens is 457 g/mol. The van der Waals surface area contributed by atoms with E-state index in [1.807, 2.05) is 0 Å². The molecule has 4 aromatic heterocycles. The molecular formula is C21H16ClF3N8. The quantitative estimate of drug-likeness (QED) is 0.448. The number of alkyl halides is 3. The minimum Gasteiger partial charge on any atom is -0.356 e. The minimum atomic E-state index is -4.49. The summed E-state index contributed by atoms with van der Waals surface area (Å²) < 4.78 is 40.6. The van der Waals surface area contributed by atoms with E-state index < -0.39 is 11.7 Å². The number of halogens is 4. The summed E-state index contributed by atoms with van der Waals surface area (Å²) in [6.45, 7) is 1.08. The first kappa shape index (κ1) is 21.3. The summed E-state index contributed by atoms with van der Waals surface area (Å²) in [4.78, 5) is 19.1. The summed E-state index contributed by atoms with van der Waals surface area (Å²) in [7, 11) is 0. The average molecular weight is 473 g/mol. The first-order valence-electron chi connectivity index (χ1n) is 10.1. The summed E-state index contributed by atoms with van der Waals surface area (Å²) in [6, 6.07) is 5.60. The van der Waals surface area contributed by atoms with Gasteiger partial charge in [-0.25, -0.2) is 19.9 Å². The van der Waals surface area contributed by atoms with Crippen LogP contribution in [-0.2, 0) is 6.18 Å². The summed E-state index contributed by atoms with van der Waals surface area (Å²) >= 11 is 6.17. The maximum Gasteiger partial charge on any atom is 0.419 e. The van der Waals surface area contributed by atoms with Gasteiger partial charge in [-0.3, -0.25) is 0 Å². The van der Waals surface area contributed by atoms with Gasteiger partial charge in [-0.2, -0.15) is 18.3 Å². The van der Waals surface area contributed by atoms with Crippen LogP contribution in [0.4, 0.5) is 30.5 Å². The van der Waals surface area contributed by atoms with Gasteiger partial charge >= 0.3 is 6.18 Å². The van der Waals surface area contributed by atoms with E-state index in [1.54, 1.807) is 17.0 Å². The topological polar surface area (TPSA) is 92.6 Å². The SMILES string of the molecule is FC(F)(F)c1ccc(Nc2ccnc3nc(-c4nnccc4Cl)cnc23)nc1N1CCCC1. The second kappa shape index (κ2) is 8.39. The fourth-order valence-electron chi connectivity index (χ4n) is 3.67. The number of aromatic nitrogens is 6. The third kappa shape index (κ3) is 4.23. The molecule has 168 valence electrons. The van der Waals surface area contributed by atoms with Crippen LogP contribution in [0.15, 0.2) is 42.9 Å². The predicted octanol–water partition coefficient (Wildman–Crippen LogP) is 4.89. The largest absolute Gasteiger partial charge is 0.419 e. The summed E-state index contributed by atoms with van der Waals surface area (Å²) in [5.74, 6) is 0.189. The molecule has 0 unspecified atom stereocenters. The first-order valence-corrected chi connectivity index (χ1v) is 10.5. The molecule has 0 spiro atoms. The number of fused-ring (bicyclic) bond motifs is 1. The highest BCUT2D eigenvalue weighted by molar-refractivity contribution is 6.32. The number of hydrogen-bond donors (Lipinski definition) is 1. The zero-order chi connectivity index (χ0) is 23.0. The number of nitrogens with one attached hydrogen (secondary N) is 1. The average Bonchev–Trinajstić information content (AvgIpc) is 3.33. The lowest BCUT2D eigenvalue weighted by atomic mass is 10.2. The van der Waals surface area contributed by atoms with E-state index in [9.17, 15) is 13.2 Å². The summed E-state index contributed by atoms with van der Waals surface area (Å²) in [6.07, 6.45) is 1.65. The van der Waals surface area contributed by atoms with Gasteiger partial charge in [0.15, 0.2) is 5.65 Å². The zero-order valence-corrected chi connectivity index (χ0v) is 17.8. The van der Waals surface area contributed by atoms with Crippen LogP contribution in [0.1, 0.15) is 18.4 Å². The van der Waals surface area contributed by atoms with E-state index >= 15 is 0 Å². The zero-order valence-electron chi connectivity index (χ0n) is 17.0. The van der Waals surface area contributed by atoms with Crippen molar-refractivity contribution >= 4 is 40.1 Å². The van der Waals surface area contributed by atoms with Crippen LogP contribution in [0.5, 0.6) is 0 Å². The Bertz CT molecular complexity index is 1320. The van der Waals surface area contributed by atoms with Gasteiger partial charge in [0.2, 0.25) is 0 Å². The van der Waals surface area contributed by atoms with E-state index in [1.165, 1.54) is 24.7 Å². The number of pyridine rings is 2. The lowest BCUT2D eigenvalue weighted by Gasteiger charge is -2.22. The number of anilines is 3. The second-order valence-corrected chi connectivity index (χ2v) is 7.81. The molecule has 0 saturated carbocycles. The fraction of sp³-hybridized carbons (Fsp3) is 0.238. The standard InChI is InChI=1S/C21H16ClF3N8/c22-13-5-8-28-32-17(13)15-11-27-18-14(6-7-26-19(18)30-15)29-16-4-3-12(21(23,24)25)20(31-16)33-9-1-2-10-33/h3-8,11H,1-2,9-10H2,(H,26,29,30,31). The molecule has 33 heavy (non-hydrogen) atoms. The van der Waals surface area contributed by atoms with Crippen molar-refractivity contribution in [2.75, 3.05) is 23.3 Å². The van der Waals surface area contributed by atoms with Gasteiger partial charge in [0.05, 0.1) is 28.7 Å². The Labute approximate surface area is 190 Å². The van der Waals surface area contributed by atoms with Crippen molar-refractivity contribution in [3.05, 3.63) is 53.4 Å². The van der Waals surface area contributed by atoms with E-state index in [0.717, 1.165) is 18.9 Å². The predicted molar refractivity (Wildman–Crippen MR) is 117 cm³/mol. The molecule has 12 heteroatoms. The smallest absolute Gasteiger partial charge is 0.356 e. The highest BCUT2D eigenvalue weighted by Crippen LogP contribution is 2.38. The molecule has 5 rings (SSSR count). The van der Waals surface area contributed by atoms with Crippen LogP contribution >= 0.6 is 11.6 Å². The van der Waals surface area contributed by atoms with E-state index in [0.29, 0.717) is 46.4 Å². The van der Waals surface area contributed by atoms with Crippen molar-refractivity contribution in [3.63, 3.8) is 0 Å². The maximum absolute atomic E-state index is 13.5. The lowest BCUT2D eigenvalue weighted by Crippen LogP contribution is -2.23. The van der Waals surface area contributed by atoms with Crippen molar-refractivity contribution in [1.29, 1.82) is 0 Å². The second-order valence-electron chi connectivity index (χ2n) is 7.40. The van der Waals surface area contributed by atoms with Gasteiger partial charge in [0, 0.05) is 19.3 Å². The van der Waals surface area contributed by atoms with E-state index in [-0.39, 0.29) is 11.6 Å². The molecule has 1 saturated heterocycles. The van der Waals surface area contributed by atoms with Crippen molar-refractivity contribution in [2.45, 2.75) is 19.0 Å². The Hall–Kier alpha value is -3.60. The molecule has 1 fully saturated rings. The first-order chi connectivity index (χ1) is 15.9. The maximum atomic E-state index is 13.5. The summed E-state index contributed by atoms with van der Waals surface area (Å²) in [5.41, 5.74) is 1.25. The molecule has 0 bridgehead atoms. The molecule has 1 N–H and O–H groups in total. The molecule has 0 radical (unpaired) electrons. The minimum absolute atomic E-state index is 0.0750. The summed E-state index contributed by atoms with van der Waals surface area (Å²) in [5, 5.41) is 11.2. The third-order valence-corrected chi connectivity index (χ3v) is 5.52. The van der Waals surface area contributed by atoms with Crippen LogP contribution < -0.4 is 10.2 Å². The normalized spacial score (nSPS) is 14.1. The monoisotopic (exact) mass is 472 g/mol. The molecule has 8 nitrogen and oxygen atoms in total. The van der Waals surface area contributed by atoms with Crippen LogP contribution in [0, 0.1) is 0 Å². The molecule has 0 amide bonds. The van der Waals surface area contributed by atoms with Gasteiger partial charge < -0.3 is 10.2 Å². The van der Waals surface area contributed by atoms with Gasteiger partial charge in [-0.1, -0.05) is 11.6 Å². The lowest BCUT2D eigenvalue weighted by molar-refractivity contribution is -0.137. The Kier molecular flexibility index (Phi) is 5.41. The van der Waals surface area contributed by atoms with E-state index in [4.69, 9.17) is 11.6 Å². The molecule has 1 aliphatic rings. The van der Waals surface area contributed by atoms with Gasteiger partial charge in [0.1, 0.15) is 28.5 Å². The van der Waals surface area contributed by atoms with Crippen LogP contribution in [0.3, 0.4) is 0 Å². The van der Waals surface area contributed by atoms with Crippen LogP contribution in [0.25, 0.3) is 22.6 Å². The number of nitrogens with zero attached hydrogens (tertiary/aromatic N) is 7. The Morgan fingerprint density at radius 2 is 1.79 bits per heavy atom. The van der Waals surface area contributed by atoms with Crippen LogP contribution in [0.2, 0.25) is 5.02 Å². The van der Waals surface area contributed by atoms with Crippen molar-refractivity contribution in [3.8, 4) is 11.4 Å². The highest BCUT2D eigenvalue weighted by Gasteiger charge is 2.36. The third-order valence-electron chi connectivity index (χ3n) is 5.21. The number of rotatable bonds is 4. The van der Waals surface area contributed by atoms with Crippen molar-refractivity contribution in [2.24, 2.45) is 0 Å². The highest BCUT2D eigenvalue weighted by atomic mass is 35.5. The van der Waals surface area contributed by atoms with Gasteiger partial charge in [0.25, 0.3) is 0 Å². The number of hydrogen-bond acceptors (Lipinski definition) is 8. The molecule has 0 aliphatic carbocycles. The molecule has 1 aliphatic heterocycles. The fourth-order valence-corrected chi connectivity index (χ4v) is 3.86. The molecule has 0 atom stereocenters. The van der Waals surface area contributed by atoms with Crippen molar-refractivity contribution < 1.29 is 13.2 Å². The Balaban J connectivity index is 1.51. The van der Waals surface area contributed by atoms with Crippen LogP contribution in [-0.4, -0.2) is 43.2 Å². The molecule has 0 aromatic carbocycles. The molecule has 4 aromatic rings. The van der Waals surface area contributed by atoms with E-state index in [2.05, 4.69) is 35.5 Å². The van der Waals surface area contributed by atoms with Gasteiger partial charge in [-0.05, 0) is 37.1 Å². The molecule has 5 heterocycles. The Morgan fingerprint density at radius 1 is 0.970 bits per heavy atom. The Morgan fingerprint density at radius 3 is 2.55 bits per heavy atom.